The van der Waals surface area contributed by atoms with E-state index in [1.807, 2.05) is 24.5 Å². The fourth-order valence-corrected chi connectivity index (χ4v) is 8.33. The second-order valence-electron chi connectivity index (χ2n) is 14.4. The molecule has 3 nitrogen and oxygen atoms in total. The van der Waals surface area contributed by atoms with Crippen molar-refractivity contribution < 1.29 is 0 Å². The van der Waals surface area contributed by atoms with E-state index in [1.165, 1.54) is 44.5 Å². The summed E-state index contributed by atoms with van der Waals surface area (Å²) < 4.78 is 0. The van der Waals surface area contributed by atoms with Gasteiger partial charge in [-0.2, -0.15) is 0 Å². The van der Waals surface area contributed by atoms with Crippen LogP contribution in [-0.2, 0) is 5.41 Å². The monoisotopic (exact) mass is 677 g/mol. The summed E-state index contributed by atoms with van der Waals surface area (Å²) >= 11 is 0. The van der Waals surface area contributed by atoms with Gasteiger partial charge in [0.15, 0.2) is 0 Å². The summed E-state index contributed by atoms with van der Waals surface area (Å²) in [5.74, 6) is 0. The molecule has 3 heteroatoms. The van der Waals surface area contributed by atoms with Crippen LogP contribution in [0.3, 0.4) is 0 Å². The van der Waals surface area contributed by atoms with Crippen LogP contribution >= 0.6 is 0 Å². The van der Waals surface area contributed by atoms with E-state index in [4.69, 9.17) is 4.98 Å². The van der Waals surface area contributed by atoms with Crippen LogP contribution in [0.1, 0.15) is 25.0 Å². The molecule has 0 N–H and O–H groups in total. The molecule has 250 valence electrons. The molecule has 0 aliphatic heterocycles. The topological polar surface area (TPSA) is 38.7 Å². The molecule has 3 aromatic heterocycles. The Morgan fingerprint density at radius 3 is 1.58 bits per heavy atom. The van der Waals surface area contributed by atoms with E-state index in [2.05, 4.69) is 175 Å². The van der Waals surface area contributed by atoms with Gasteiger partial charge in [0.25, 0.3) is 0 Å². The van der Waals surface area contributed by atoms with Gasteiger partial charge in [-0.1, -0.05) is 135 Å². The van der Waals surface area contributed by atoms with Crippen molar-refractivity contribution in [3.8, 4) is 67.0 Å². The predicted molar refractivity (Wildman–Crippen MR) is 220 cm³/mol. The number of para-hydroxylation sites is 2. The Morgan fingerprint density at radius 1 is 0.377 bits per heavy atom. The highest BCUT2D eigenvalue weighted by atomic mass is 14.7. The molecular weight excluding hydrogens is 643 g/mol. The average Bonchev–Trinajstić information content (AvgIpc) is 3.46. The van der Waals surface area contributed by atoms with Gasteiger partial charge in [-0.25, -0.2) is 4.98 Å². The number of hydrogen-bond donors (Lipinski definition) is 0. The SMILES string of the molecule is CC1(C)c2ccccc2-c2c(-c3cccc(-c4ccc(-c5cc(-c6ccnc7ccccc67)nc(-c6ccnc7ccccc67)c5)cc4)c3)cccc21. The Labute approximate surface area is 309 Å². The summed E-state index contributed by atoms with van der Waals surface area (Å²) in [6.07, 6.45) is 3.75. The summed E-state index contributed by atoms with van der Waals surface area (Å²) in [6.45, 7) is 4.68. The first-order chi connectivity index (χ1) is 26.0. The first-order valence-electron chi connectivity index (χ1n) is 18.2. The molecule has 0 radical (unpaired) electrons. The van der Waals surface area contributed by atoms with Crippen LogP contribution in [0, 0.1) is 0 Å². The van der Waals surface area contributed by atoms with Crippen molar-refractivity contribution in [3.05, 3.63) is 187 Å². The van der Waals surface area contributed by atoms with Crippen LogP contribution in [0.15, 0.2) is 176 Å². The average molecular weight is 678 g/mol. The van der Waals surface area contributed by atoms with Crippen molar-refractivity contribution in [2.24, 2.45) is 0 Å². The maximum absolute atomic E-state index is 5.30. The quantitative estimate of drug-likeness (QED) is 0.182. The van der Waals surface area contributed by atoms with Gasteiger partial charge < -0.3 is 0 Å². The molecule has 1 aliphatic rings. The zero-order chi connectivity index (χ0) is 35.5. The van der Waals surface area contributed by atoms with Gasteiger partial charge in [-0.3, -0.25) is 9.97 Å². The predicted octanol–water partition coefficient (Wildman–Crippen LogP) is 12.8. The Bertz CT molecular complexity index is 2760. The van der Waals surface area contributed by atoms with Crippen molar-refractivity contribution in [1.29, 1.82) is 0 Å². The van der Waals surface area contributed by atoms with E-state index in [-0.39, 0.29) is 5.41 Å². The number of benzene rings is 6. The maximum Gasteiger partial charge on any atom is 0.0723 e. The van der Waals surface area contributed by atoms with Gasteiger partial charge in [-0.15, -0.1) is 0 Å². The molecule has 1 aliphatic carbocycles. The van der Waals surface area contributed by atoms with Gasteiger partial charge in [0.2, 0.25) is 0 Å². The molecular formula is C50H35N3. The first kappa shape index (κ1) is 31.1. The largest absolute Gasteiger partial charge is 0.256 e. The lowest BCUT2D eigenvalue weighted by Crippen LogP contribution is -2.14. The van der Waals surface area contributed by atoms with E-state index in [0.717, 1.165) is 55.4 Å². The molecule has 0 spiro atoms. The summed E-state index contributed by atoms with van der Waals surface area (Å²) in [7, 11) is 0. The first-order valence-corrected chi connectivity index (χ1v) is 18.2. The van der Waals surface area contributed by atoms with Crippen LogP contribution in [-0.4, -0.2) is 15.0 Å². The molecule has 0 atom stereocenters. The van der Waals surface area contributed by atoms with Crippen LogP contribution in [0.25, 0.3) is 88.8 Å². The lowest BCUT2D eigenvalue weighted by Gasteiger charge is -2.21. The lowest BCUT2D eigenvalue weighted by molar-refractivity contribution is 0.660. The lowest BCUT2D eigenvalue weighted by atomic mass is 9.82. The fraction of sp³-hybridized carbons (Fsp3) is 0.0600. The minimum Gasteiger partial charge on any atom is -0.256 e. The number of rotatable bonds is 5. The Kier molecular flexibility index (Phi) is 7.16. The van der Waals surface area contributed by atoms with Crippen molar-refractivity contribution in [2.45, 2.75) is 19.3 Å². The van der Waals surface area contributed by atoms with Crippen LogP contribution in [0.5, 0.6) is 0 Å². The third-order valence-corrected chi connectivity index (χ3v) is 11.0. The van der Waals surface area contributed by atoms with Crippen molar-refractivity contribution >= 4 is 21.8 Å². The fourth-order valence-electron chi connectivity index (χ4n) is 8.33. The van der Waals surface area contributed by atoms with Gasteiger partial charge in [0.05, 0.1) is 22.4 Å². The Hall–Kier alpha value is -6.71. The summed E-state index contributed by atoms with van der Waals surface area (Å²) in [4.78, 5) is 14.6. The Morgan fingerprint density at radius 2 is 0.906 bits per heavy atom. The molecule has 0 saturated heterocycles. The van der Waals surface area contributed by atoms with Crippen molar-refractivity contribution in [1.82, 2.24) is 15.0 Å². The maximum atomic E-state index is 5.30. The molecule has 6 aromatic carbocycles. The van der Waals surface area contributed by atoms with E-state index in [1.54, 1.807) is 0 Å². The van der Waals surface area contributed by atoms with Gasteiger partial charge in [-0.05, 0) is 98.1 Å². The summed E-state index contributed by atoms with van der Waals surface area (Å²) in [5, 5.41) is 2.16. The van der Waals surface area contributed by atoms with Crippen LogP contribution in [0.4, 0.5) is 0 Å². The number of hydrogen-bond acceptors (Lipinski definition) is 3. The number of fused-ring (bicyclic) bond motifs is 5. The van der Waals surface area contributed by atoms with Crippen LogP contribution in [0.2, 0.25) is 0 Å². The summed E-state index contributed by atoms with van der Waals surface area (Å²) in [5.41, 5.74) is 18.4. The highest BCUT2D eigenvalue weighted by Crippen LogP contribution is 2.52. The molecule has 0 saturated carbocycles. The molecule has 0 amide bonds. The van der Waals surface area contributed by atoms with E-state index >= 15 is 0 Å². The third kappa shape index (κ3) is 5.16. The third-order valence-electron chi connectivity index (χ3n) is 11.0. The zero-order valence-corrected chi connectivity index (χ0v) is 29.6. The smallest absolute Gasteiger partial charge is 0.0723 e. The molecule has 3 heterocycles. The molecule has 0 unspecified atom stereocenters. The molecule has 0 fully saturated rings. The summed E-state index contributed by atoms with van der Waals surface area (Å²) in [6, 6.07) is 58.7. The second kappa shape index (κ2) is 12.2. The minimum absolute atomic E-state index is 0.0307. The van der Waals surface area contributed by atoms with E-state index in [0.29, 0.717) is 0 Å². The Balaban J connectivity index is 1.07. The highest BCUT2D eigenvalue weighted by molar-refractivity contribution is 5.98. The van der Waals surface area contributed by atoms with Gasteiger partial charge in [0, 0.05) is 39.7 Å². The minimum atomic E-state index is -0.0307. The van der Waals surface area contributed by atoms with Crippen LogP contribution < -0.4 is 0 Å². The van der Waals surface area contributed by atoms with Crippen molar-refractivity contribution in [3.63, 3.8) is 0 Å². The zero-order valence-electron chi connectivity index (χ0n) is 29.6. The number of nitrogens with zero attached hydrogens (tertiary/aromatic N) is 3. The molecule has 0 bridgehead atoms. The van der Waals surface area contributed by atoms with Gasteiger partial charge >= 0.3 is 0 Å². The number of pyridine rings is 3. The number of aromatic nitrogens is 3. The molecule has 53 heavy (non-hydrogen) atoms. The normalized spacial score (nSPS) is 12.9. The van der Waals surface area contributed by atoms with E-state index in [9.17, 15) is 0 Å². The standard InChI is InChI=1S/C50H35N3/c1-50(2)43-17-6-3-15-42(43)49-37(16-10-18-44(49)50)35-12-9-11-34(29-35)32-21-23-33(24-22-32)36-30-47(40-25-27-51-45-19-7-4-13-38(40)45)53-48(31-36)41-26-28-52-46-20-8-5-14-39(41)46/h3-31H,1-2H3. The van der Waals surface area contributed by atoms with Crippen molar-refractivity contribution in [2.75, 3.05) is 0 Å². The van der Waals surface area contributed by atoms with E-state index < -0.39 is 0 Å². The molecule has 9 aromatic rings. The highest BCUT2D eigenvalue weighted by Gasteiger charge is 2.36. The van der Waals surface area contributed by atoms with Gasteiger partial charge in [0.1, 0.15) is 0 Å². The second-order valence-corrected chi connectivity index (χ2v) is 14.4. The molecule has 10 rings (SSSR count).